The molecule has 0 aliphatic carbocycles. The van der Waals surface area contributed by atoms with Crippen LogP contribution in [0.4, 0.5) is 0 Å². The van der Waals surface area contributed by atoms with Crippen LogP contribution in [-0.4, -0.2) is 5.75 Å². The maximum atomic E-state index is 8.54. The summed E-state index contributed by atoms with van der Waals surface area (Å²) in [5, 5.41) is 8.54. The van der Waals surface area contributed by atoms with Gasteiger partial charge in [0.2, 0.25) is 0 Å². The van der Waals surface area contributed by atoms with Gasteiger partial charge in [-0.2, -0.15) is 5.26 Å². The van der Waals surface area contributed by atoms with Crippen LogP contribution in [0.15, 0.2) is 10.5 Å². The molecule has 0 unspecified atom stereocenters. The lowest BCUT2D eigenvalue weighted by Gasteiger charge is -1.91. The maximum Gasteiger partial charge on any atom is 0.106 e. The quantitative estimate of drug-likeness (QED) is 0.556. The van der Waals surface area contributed by atoms with Crippen molar-refractivity contribution in [1.82, 2.24) is 0 Å². The van der Waals surface area contributed by atoms with Gasteiger partial charge in [0.05, 0.1) is 4.91 Å². The van der Waals surface area contributed by atoms with Gasteiger partial charge in [-0.05, 0) is 18.4 Å². The molecule has 1 nitrogen and oxygen atoms in total. The van der Waals surface area contributed by atoms with E-state index in [-0.39, 0.29) is 0 Å². The molecule has 1 aliphatic rings. The smallest absolute Gasteiger partial charge is 0.106 e. The molecule has 0 amide bonds. The first-order valence-corrected chi connectivity index (χ1v) is 4.12. The third-order valence-corrected chi connectivity index (χ3v) is 2.58. The van der Waals surface area contributed by atoms with Crippen LogP contribution in [0.5, 0.6) is 0 Å². The summed E-state index contributed by atoms with van der Waals surface area (Å²) in [5.41, 5.74) is 1.35. The summed E-state index contributed by atoms with van der Waals surface area (Å²) in [6, 6.07) is 2.21. The second kappa shape index (κ2) is 2.93. The van der Waals surface area contributed by atoms with Crippen molar-refractivity contribution in [2.45, 2.75) is 19.8 Å². The average Bonchev–Trinajstić information content (AvgIpc) is 2.33. The first-order valence-electron chi connectivity index (χ1n) is 3.13. The highest BCUT2D eigenvalue weighted by atomic mass is 32.2. The first-order chi connectivity index (χ1) is 4.38. The number of nitrogens with zero attached hydrogens (tertiary/aromatic N) is 1. The molecule has 0 spiro atoms. The largest absolute Gasteiger partial charge is 0.192 e. The Kier molecular flexibility index (Phi) is 2.18. The second-order valence-corrected chi connectivity index (χ2v) is 3.10. The number of rotatable bonds is 1. The van der Waals surface area contributed by atoms with Crippen molar-refractivity contribution >= 4 is 11.8 Å². The summed E-state index contributed by atoms with van der Waals surface area (Å²) in [5.74, 6) is 1.12. The molecule has 0 saturated heterocycles. The fraction of sp³-hybridized carbons (Fsp3) is 0.571. The molecule has 0 aromatic carbocycles. The zero-order valence-corrected chi connectivity index (χ0v) is 6.29. The molecule has 1 rings (SSSR count). The molecule has 1 heterocycles. The van der Waals surface area contributed by atoms with Crippen molar-refractivity contribution < 1.29 is 0 Å². The molecular weight excluding hydrogens is 130 g/mol. The van der Waals surface area contributed by atoms with Gasteiger partial charge in [0.15, 0.2) is 0 Å². The molecule has 0 atom stereocenters. The number of hydrogen-bond donors (Lipinski definition) is 0. The predicted octanol–water partition coefficient (Wildman–Crippen LogP) is 2.31. The van der Waals surface area contributed by atoms with Crippen LogP contribution in [0.3, 0.4) is 0 Å². The zero-order valence-electron chi connectivity index (χ0n) is 5.48. The van der Waals surface area contributed by atoms with Crippen molar-refractivity contribution in [3.63, 3.8) is 0 Å². The molecule has 0 fully saturated rings. The molecule has 1 aliphatic heterocycles. The second-order valence-electron chi connectivity index (χ2n) is 2.00. The van der Waals surface area contributed by atoms with E-state index in [4.69, 9.17) is 5.26 Å². The van der Waals surface area contributed by atoms with Crippen LogP contribution in [0, 0.1) is 11.3 Å². The zero-order chi connectivity index (χ0) is 6.69. The number of thioether (sulfide) groups is 1. The lowest BCUT2D eigenvalue weighted by molar-refractivity contribution is 1.000. The lowest BCUT2D eigenvalue weighted by atomic mass is 10.1. The van der Waals surface area contributed by atoms with Crippen molar-refractivity contribution in [2.75, 3.05) is 5.75 Å². The summed E-state index contributed by atoms with van der Waals surface area (Å²) in [4.78, 5) is 0.970. The highest BCUT2D eigenvalue weighted by Gasteiger charge is 2.11. The standard InChI is InChI=1S/C7H9NS/c1-2-6-3-4-9-7(6)5-8/h2-4H2,1H3. The minimum Gasteiger partial charge on any atom is -0.192 e. The van der Waals surface area contributed by atoms with Gasteiger partial charge in [0.25, 0.3) is 0 Å². The van der Waals surface area contributed by atoms with E-state index in [1.807, 2.05) is 0 Å². The Hall–Kier alpha value is -0.420. The predicted molar refractivity (Wildman–Crippen MR) is 40.0 cm³/mol. The van der Waals surface area contributed by atoms with Crippen LogP contribution in [-0.2, 0) is 0 Å². The SMILES string of the molecule is CCC1=C(C#N)SCC1. The Bertz CT molecular complexity index is 176. The Morgan fingerprint density at radius 2 is 2.56 bits per heavy atom. The van der Waals surface area contributed by atoms with Crippen molar-refractivity contribution in [1.29, 1.82) is 5.26 Å². The van der Waals surface area contributed by atoms with Crippen LogP contribution in [0.2, 0.25) is 0 Å². The van der Waals surface area contributed by atoms with E-state index in [2.05, 4.69) is 13.0 Å². The van der Waals surface area contributed by atoms with Gasteiger partial charge in [-0.15, -0.1) is 11.8 Å². The highest BCUT2D eigenvalue weighted by molar-refractivity contribution is 8.03. The molecule has 9 heavy (non-hydrogen) atoms. The average molecular weight is 139 g/mol. The minimum atomic E-state index is 0.970. The molecule has 0 saturated carbocycles. The van der Waals surface area contributed by atoms with E-state index in [9.17, 15) is 0 Å². The van der Waals surface area contributed by atoms with Crippen molar-refractivity contribution in [3.8, 4) is 6.07 Å². The molecule has 0 aromatic heterocycles. The van der Waals surface area contributed by atoms with Gasteiger partial charge in [-0.1, -0.05) is 6.92 Å². The highest BCUT2D eigenvalue weighted by Crippen LogP contribution is 2.31. The topological polar surface area (TPSA) is 23.8 Å². The van der Waals surface area contributed by atoms with Crippen LogP contribution >= 0.6 is 11.8 Å². The molecule has 0 N–H and O–H groups in total. The van der Waals surface area contributed by atoms with Gasteiger partial charge in [-0.25, -0.2) is 0 Å². The minimum absolute atomic E-state index is 0.970. The Labute approximate surface area is 59.7 Å². The van der Waals surface area contributed by atoms with Crippen LogP contribution in [0.25, 0.3) is 0 Å². The van der Waals surface area contributed by atoms with E-state index in [0.717, 1.165) is 23.5 Å². The summed E-state index contributed by atoms with van der Waals surface area (Å²) < 4.78 is 0. The maximum absolute atomic E-state index is 8.54. The molecule has 48 valence electrons. The fourth-order valence-electron chi connectivity index (χ4n) is 0.941. The Morgan fingerprint density at radius 3 is 3.00 bits per heavy atom. The van der Waals surface area contributed by atoms with E-state index in [1.165, 1.54) is 5.57 Å². The van der Waals surface area contributed by atoms with Gasteiger partial charge >= 0.3 is 0 Å². The van der Waals surface area contributed by atoms with Gasteiger partial charge in [-0.3, -0.25) is 0 Å². The van der Waals surface area contributed by atoms with Gasteiger partial charge < -0.3 is 0 Å². The van der Waals surface area contributed by atoms with E-state index >= 15 is 0 Å². The summed E-state index contributed by atoms with van der Waals surface area (Å²) in [6.45, 7) is 2.11. The van der Waals surface area contributed by atoms with E-state index < -0.39 is 0 Å². The number of allylic oxidation sites excluding steroid dienone is 2. The fourth-order valence-corrected chi connectivity index (χ4v) is 2.01. The van der Waals surface area contributed by atoms with Gasteiger partial charge in [0.1, 0.15) is 6.07 Å². The van der Waals surface area contributed by atoms with Crippen LogP contribution < -0.4 is 0 Å². The normalized spacial score (nSPS) is 18.2. The molecule has 0 aromatic rings. The first kappa shape index (κ1) is 6.70. The lowest BCUT2D eigenvalue weighted by Crippen LogP contribution is -1.76. The van der Waals surface area contributed by atoms with Crippen molar-refractivity contribution in [3.05, 3.63) is 10.5 Å². The molecular formula is C7H9NS. The summed E-state index contributed by atoms with van der Waals surface area (Å²) >= 11 is 1.69. The van der Waals surface area contributed by atoms with Gasteiger partial charge in [0, 0.05) is 5.75 Å². The van der Waals surface area contributed by atoms with E-state index in [1.54, 1.807) is 11.8 Å². The van der Waals surface area contributed by atoms with Crippen LogP contribution in [0.1, 0.15) is 19.8 Å². The summed E-state index contributed by atoms with van der Waals surface area (Å²) in [7, 11) is 0. The number of hydrogen-bond acceptors (Lipinski definition) is 2. The third-order valence-electron chi connectivity index (χ3n) is 1.50. The summed E-state index contributed by atoms with van der Waals surface area (Å²) in [6.07, 6.45) is 2.18. The van der Waals surface area contributed by atoms with E-state index in [0.29, 0.717) is 0 Å². The monoisotopic (exact) mass is 139 g/mol. The molecule has 0 bridgehead atoms. The number of nitriles is 1. The Morgan fingerprint density at radius 1 is 1.78 bits per heavy atom. The third kappa shape index (κ3) is 1.28. The molecule has 0 radical (unpaired) electrons. The molecule has 2 heteroatoms. The van der Waals surface area contributed by atoms with Crippen molar-refractivity contribution in [2.24, 2.45) is 0 Å². The Balaban J connectivity index is 2.73.